The first-order valence-electron chi connectivity index (χ1n) is 28.1. The molecule has 0 aromatic heterocycles. The Labute approximate surface area is 424 Å². The molecule has 0 aliphatic heterocycles. The minimum Gasteiger partial charge on any atom is -0.462 e. The predicted molar refractivity (Wildman–Crippen MR) is 297 cm³/mol. The Morgan fingerprint density at radius 3 is 1.10 bits per heavy atom. The molecule has 0 saturated carbocycles. The summed E-state index contributed by atoms with van der Waals surface area (Å²) in [7, 11) is 0. The smallest absolute Gasteiger partial charge is 0.306 e. The van der Waals surface area contributed by atoms with E-state index in [1.54, 1.807) is 0 Å². The Balaban J connectivity index is 4.52. The predicted octanol–water partition coefficient (Wildman–Crippen LogP) is 18.9. The number of esters is 3. The molecule has 0 aliphatic carbocycles. The zero-order valence-electron chi connectivity index (χ0n) is 44.5. The molecule has 69 heavy (non-hydrogen) atoms. The van der Waals surface area contributed by atoms with Crippen LogP contribution in [-0.4, -0.2) is 37.2 Å². The second kappa shape index (κ2) is 56.4. The summed E-state index contributed by atoms with van der Waals surface area (Å²) in [6.07, 6.45) is 77.5. The zero-order chi connectivity index (χ0) is 50.0. The highest BCUT2D eigenvalue weighted by Gasteiger charge is 2.19. The van der Waals surface area contributed by atoms with Crippen molar-refractivity contribution in [2.24, 2.45) is 0 Å². The number of rotatable bonds is 49. The van der Waals surface area contributed by atoms with E-state index < -0.39 is 6.10 Å². The first-order valence-corrected chi connectivity index (χ1v) is 28.1. The largest absolute Gasteiger partial charge is 0.462 e. The van der Waals surface area contributed by atoms with Gasteiger partial charge in [0.15, 0.2) is 6.10 Å². The lowest BCUT2D eigenvalue weighted by molar-refractivity contribution is -0.167. The monoisotopic (exact) mass is 955 g/mol. The van der Waals surface area contributed by atoms with Gasteiger partial charge < -0.3 is 14.2 Å². The molecule has 390 valence electrons. The van der Waals surface area contributed by atoms with Gasteiger partial charge in [-0.2, -0.15) is 0 Å². The van der Waals surface area contributed by atoms with Crippen molar-refractivity contribution >= 4 is 17.9 Å². The van der Waals surface area contributed by atoms with Crippen molar-refractivity contribution in [1.29, 1.82) is 0 Å². The van der Waals surface area contributed by atoms with E-state index in [2.05, 4.69) is 118 Å². The molecule has 0 bridgehead atoms. The van der Waals surface area contributed by atoms with Crippen molar-refractivity contribution < 1.29 is 28.6 Å². The van der Waals surface area contributed by atoms with Gasteiger partial charge in [0, 0.05) is 19.3 Å². The maximum absolute atomic E-state index is 12.9. The third kappa shape index (κ3) is 54.6. The summed E-state index contributed by atoms with van der Waals surface area (Å²) < 4.78 is 16.8. The van der Waals surface area contributed by atoms with Gasteiger partial charge >= 0.3 is 17.9 Å². The Morgan fingerprint density at radius 1 is 0.319 bits per heavy atom. The molecule has 0 aliphatic rings. The molecule has 0 rings (SSSR count). The molecular weight excluding hydrogens is 853 g/mol. The molecule has 0 saturated heterocycles. The SMILES string of the molecule is CC/C=C\C/C=C\C/C=C\C/C=C\CCCCCC(=O)OCC(COC(=O)CCCCCCC\C=C/C=C\C=C/C=C\C=C/CCC)OC(=O)CCCCCCCCC/C=C\CCCCCCCC. The van der Waals surface area contributed by atoms with Crippen molar-refractivity contribution in [1.82, 2.24) is 0 Å². The van der Waals surface area contributed by atoms with Gasteiger partial charge in [0.2, 0.25) is 0 Å². The van der Waals surface area contributed by atoms with Crippen LogP contribution in [-0.2, 0) is 28.6 Å². The Hall–Kier alpha value is -4.19. The zero-order valence-corrected chi connectivity index (χ0v) is 44.5. The lowest BCUT2D eigenvalue weighted by atomic mass is 10.1. The number of carbonyl (C=O) groups excluding carboxylic acids is 3. The molecule has 0 spiro atoms. The fraction of sp³-hybridized carbons (Fsp3) is 0.635. The second-order valence-corrected chi connectivity index (χ2v) is 18.2. The van der Waals surface area contributed by atoms with Crippen LogP contribution in [0, 0.1) is 0 Å². The number of ether oxygens (including phenoxy) is 3. The van der Waals surface area contributed by atoms with Gasteiger partial charge in [-0.15, -0.1) is 0 Å². The van der Waals surface area contributed by atoms with Gasteiger partial charge in [-0.05, 0) is 103 Å². The van der Waals surface area contributed by atoms with E-state index >= 15 is 0 Å². The average molecular weight is 956 g/mol. The first-order chi connectivity index (χ1) is 34.0. The van der Waals surface area contributed by atoms with Gasteiger partial charge in [0.05, 0.1) is 0 Å². The summed E-state index contributed by atoms with van der Waals surface area (Å²) in [5, 5.41) is 0. The maximum atomic E-state index is 12.9. The molecule has 1 atom stereocenters. The van der Waals surface area contributed by atoms with E-state index in [-0.39, 0.29) is 31.1 Å². The molecule has 0 fully saturated rings. The van der Waals surface area contributed by atoms with Crippen LogP contribution in [0.1, 0.15) is 239 Å². The van der Waals surface area contributed by atoms with Gasteiger partial charge in [0.1, 0.15) is 13.2 Å². The van der Waals surface area contributed by atoms with Crippen LogP contribution in [0.3, 0.4) is 0 Å². The molecule has 0 radical (unpaired) electrons. The normalized spacial score (nSPS) is 13.0. The minimum atomic E-state index is -0.808. The average Bonchev–Trinajstić information content (AvgIpc) is 3.35. The topological polar surface area (TPSA) is 78.9 Å². The van der Waals surface area contributed by atoms with E-state index in [0.717, 1.165) is 116 Å². The second-order valence-electron chi connectivity index (χ2n) is 18.2. The van der Waals surface area contributed by atoms with Crippen molar-refractivity contribution in [3.8, 4) is 0 Å². The Kier molecular flexibility index (Phi) is 53.0. The molecule has 0 amide bonds. The standard InChI is InChI=1S/C63H102O6/c1-4-7-10-13-16-19-22-25-28-31-33-35-38-41-44-47-50-53-56-62(65)68-59-60(58-67-61(64)55-52-49-46-43-40-37-34-30-27-24-21-18-15-12-9-6-3)69-63(66)57-54-51-48-45-42-39-36-32-29-26-23-20-17-14-11-8-5-2/h9-10,12-13,16,18-19,21-22,25-31,33,35,37,40,60H,4-8,11,14-15,17,20,23-24,32,34,36,38-39,41-59H2,1-3H3/b12-9-,13-10-,19-16-,21-18-,25-22-,29-26-,30-27-,31-28-,35-33-,40-37-. The molecule has 6 nitrogen and oxygen atoms in total. The van der Waals surface area contributed by atoms with Crippen LogP contribution in [0.15, 0.2) is 122 Å². The first kappa shape index (κ1) is 64.8. The molecule has 0 aromatic rings. The third-order valence-electron chi connectivity index (χ3n) is 11.5. The highest BCUT2D eigenvalue weighted by molar-refractivity contribution is 5.71. The van der Waals surface area contributed by atoms with Crippen LogP contribution in [0.4, 0.5) is 0 Å². The maximum Gasteiger partial charge on any atom is 0.306 e. The van der Waals surface area contributed by atoms with E-state index in [1.165, 1.54) is 83.5 Å². The van der Waals surface area contributed by atoms with Crippen LogP contribution in [0.5, 0.6) is 0 Å². The van der Waals surface area contributed by atoms with E-state index in [4.69, 9.17) is 14.2 Å². The van der Waals surface area contributed by atoms with Crippen molar-refractivity contribution in [2.45, 2.75) is 245 Å². The summed E-state index contributed by atoms with van der Waals surface area (Å²) in [4.78, 5) is 38.1. The molecular formula is C63H102O6. The molecule has 0 heterocycles. The van der Waals surface area contributed by atoms with E-state index in [1.807, 2.05) is 24.3 Å². The number of allylic oxidation sites excluding steroid dienone is 20. The molecule has 1 unspecified atom stereocenters. The summed E-state index contributed by atoms with van der Waals surface area (Å²) in [5.74, 6) is -0.967. The molecule has 6 heteroatoms. The van der Waals surface area contributed by atoms with Crippen molar-refractivity contribution in [3.05, 3.63) is 122 Å². The third-order valence-corrected chi connectivity index (χ3v) is 11.5. The highest BCUT2D eigenvalue weighted by atomic mass is 16.6. The fourth-order valence-corrected chi connectivity index (χ4v) is 7.34. The number of unbranched alkanes of at least 4 members (excludes halogenated alkanes) is 22. The van der Waals surface area contributed by atoms with Gasteiger partial charge in [-0.1, -0.05) is 239 Å². The van der Waals surface area contributed by atoms with Crippen LogP contribution in [0.2, 0.25) is 0 Å². The van der Waals surface area contributed by atoms with Crippen LogP contribution in [0.25, 0.3) is 0 Å². The van der Waals surface area contributed by atoms with Crippen LogP contribution < -0.4 is 0 Å². The summed E-state index contributed by atoms with van der Waals surface area (Å²) >= 11 is 0. The van der Waals surface area contributed by atoms with Crippen molar-refractivity contribution in [3.63, 3.8) is 0 Å². The summed E-state index contributed by atoms with van der Waals surface area (Å²) in [5.41, 5.74) is 0. The number of hydrogen-bond donors (Lipinski definition) is 0. The van der Waals surface area contributed by atoms with Gasteiger partial charge in [0.25, 0.3) is 0 Å². The molecule has 0 aromatic carbocycles. The lowest BCUT2D eigenvalue weighted by Crippen LogP contribution is -2.30. The lowest BCUT2D eigenvalue weighted by Gasteiger charge is -2.18. The highest BCUT2D eigenvalue weighted by Crippen LogP contribution is 2.14. The molecule has 0 N–H and O–H groups in total. The van der Waals surface area contributed by atoms with Crippen LogP contribution >= 0.6 is 0 Å². The van der Waals surface area contributed by atoms with Gasteiger partial charge in [-0.25, -0.2) is 0 Å². The summed E-state index contributed by atoms with van der Waals surface area (Å²) in [6.45, 7) is 6.38. The Bertz CT molecular complexity index is 1470. The summed E-state index contributed by atoms with van der Waals surface area (Å²) in [6, 6.07) is 0. The van der Waals surface area contributed by atoms with E-state index in [9.17, 15) is 14.4 Å². The van der Waals surface area contributed by atoms with E-state index in [0.29, 0.717) is 19.3 Å². The fourth-order valence-electron chi connectivity index (χ4n) is 7.34. The van der Waals surface area contributed by atoms with Crippen molar-refractivity contribution in [2.75, 3.05) is 13.2 Å². The number of hydrogen-bond acceptors (Lipinski definition) is 6. The number of carbonyl (C=O) groups is 3. The van der Waals surface area contributed by atoms with Gasteiger partial charge in [-0.3, -0.25) is 14.4 Å². The Morgan fingerprint density at radius 2 is 0.652 bits per heavy atom. The quantitative estimate of drug-likeness (QED) is 0.0199. The minimum absolute atomic E-state index is 0.107.